The first kappa shape index (κ1) is 26.5. The molecule has 4 aliphatic rings. The maximum Gasteiger partial charge on any atom is 0.303 e. The SMILES string of the molecule is COc1cc([C@H]2C3=CC[C@@H]4C(=O)N(CCCC(=O)O)C(=O)[C@@H]4[C@@H]3C[C@@]3(Cl)C(=O)N(C)C(=O)[C@@]23Cl)ccc1O. The number of carbonyl (C=O) groups excluding carboxylic acids is 4. The molecule has 0 spiro atoms. The van der Waals surface area contributed by atoms with Crippen LogP contribution in [-0.2, 0) is 24.0 Å². The van der Waals surface area contributed by atoms with Gasteiger partial charge in [-0.25, -0.2) is 0 Å². The topological polar surface area (TPSA) is 142 Å². The highest BCUT2D eigenvalue weighted by atomic mass is 35.5. The van der Waals surface area contributed by atoms with Gasteiger partial charge in [0.25, 0.3) is 11.8 Å². The van der Waals surface area contributed by atoms with E-state index < -0.39 is 57.1 Å². The number of aromatic hydroxyl groups is 1. The van der Waals surface area contributed by atoms with Crippen LogP contribution in [0.25, 0.3) is 0 Å². The molecule has 1 aromatic carbocycles. The van der Waals surface area contributed by atoms with Crippen molar-refractivity contribution in [1.82, 2.24) is 9.80 Å². The Morgan fingerprint density at radius 2 is 1.84 bits per heavy atom. The lowest BCUT2D eigenvalue weighted by Crippen LogP contribution is -2.60. The van der Waals surface area contributed by atoms with Gasteiger partial charge in [0.2, 0.25) is 11.8 Å². The number of phenolic OH excluding ortho intramolecular Hbond substituents is 1. The number of ether oxygens (including phenoxy) is 1. The molecule has 0 bridgehead atoms. The van der Waals surface area contributed by atoms with Crippen molar-refractivity contribution in [2.45, 2.75) is 41.3 Å². The molecule has 2 saturated heterocycles. The van der Waals surface area contributed by atoms with Crippen molar-refractivity contribution >= 4 is 52.8 Å². The van der Waals surface area contributed by atoms with Crippen molar-refractivity contribution in [1.29, 1.82) is 0 Å². The third kappa shape index (κ3) is 3.42. The molecule has 2 heterocycles. The van der Waals surface area contributed by atoms with Crippen LogP contribution in [0, 0.1) is 17.8 Å². The van der Waals surface area contributed by atoms with Crippen LogP contribution in [0.5, 0.6) is 11.5 Å². The summed E-state index contributed by atoms with van der Waals surface area (Å²) < 4.78 is 5.26. The second kappa shape index (κ2) is 8.98. The predicted octanol–water partition coefficient (Wildman–Crippen LogP) is 2.25. The standard InChI is InChI=1S/C26H26Cl2N2O8/c1-29-23(36)25(27)11-15-13(6-7-14-19(15)22(35)30(21(14)34)9-3-4-18(32)33)20(26(25,28)24(29)37)12-5-8-16(31)17(10-12)38-2/h5-6,8,10,14-15,19-20,31H,3-4,7,9,11H2,1-2H3,(H,32,33)/t14-,15+,19-,20-,25+,26-/m0/s1. The van der Waals surface area contributed by atoms with Crippen LogP contribution >= 0.6 is 23.2 Å². The zero-order chi connectivity index (χ0) is 27.7. The zero-order valence-corrected chi connectivity index (χ0v) is 22.2. The number of phenols is 1. The number of amides is 4. The summed E-state index contributed by atoms with van der Waals surface area (Å²) in [5.41, 5.74) is 1.08. The number of carboxylic acid groups (broad SMARTS) is 1. The molecule has 6 atom stereocenters. The van der Waals surface area contributed by atoms with Crippen molar-refractivity contribution in [2.24, 2.45) is 17.8 Å². The van der Waals surface area contributed by atoms with Crippen LogP contribution in [0.2, 0.25) is 0 Å². The van der Waals surface area contributed by atoms with Crippen molar-refractivity contribution in [3.05, 3.63) is 35.4 Å². The molecule has 2 aliphatic carbocycles. The number of aliphatic carboxylic acids is 1. The fraction of sp³-hybridized carbons (Fsp3) is 0.500. The Morgan fingerprint density at radius 1 is 1.13 bits per heavy atom. The third-order valence-corrected chi connectivity index (χ3v) is 9.83. The first-order valence-electron chi connectivity index (χ1n) is 12.2. The Morgan fingerprint density at radius 3 is 2.50 bits per heavy atom. The number of likely N-dealkylation sites (tertiary alicyclic amines) is 2. The number of carbonyl (C=O) groups is 5. The lowest BCUT2D eigenvalue weighted by molar-refractivity contribution is -0.142. The van der Waals surface area contributed by atoms with Gasteiger partial charge in [-0.15, -0.1) is 23.2 Å². The molecule has 2 N–H and O–H groups in total. The van der Waals surface area contributed by atoms with E-state index in [1.807, 2.05) is 0 Å². The van der Waals surface area contributed by atoms with Gasteiger partial charge in [-0.1, -0.05) is 17.7 Å². The van der Waals surface area contributed by atoms with Crippen LogP contribution in [0.3, 0.4) is 0 Å². The van der Waals surface area contributed by atoms with Crippen LogP contribution in [0.15, 0.2) is 29.8 Å². The van der Waals surface area contributed by atoms with Crippen LogP contribution < -0.4 is 4.74 Å². The minimum Gasteiger partial charge on any atom is -0.504 e. The minimum absolute atomic E-state index is 0.0246. The minimum atomic E-state index is -1.93. The van der Waals surface area contributed by atoms with Crippen molar-refractivity contribution in [2.75, 3.05) is 20.7 Å². The quantitative estimate of drug-likeness (QED) is 0.304. The average molecular weight is 565 g/mol. The average Bonchev–Trinajstić information content (AvgIpc) is 3.19. The summed E-state index contributed by atoms with van der Waals surface area (Å²) in [6, 6.07) is 4.47. The number of rotatable bonds is 6. The first-order valence-corrected chi connectivity index (χ1v) is 13.0. The third-order valence-electron chi connectivity index (χ3n) is 8.42. The molecule has 0 aromatic heterocycles. The molecule has 1 aromatic rings. The van der Waals surface area contributed by atoms with Crippen molar-refractivity contribution < 1.29 is 38.9 Å². The summed E-state index contributed by atoms with van der Waals surface area (Å²) in [5, 5.41) is 19.1. The fourth-order valence-electron chi connectivity index (χ4n) is 6.67. The highest BCUT2D eigenvalue weighted by Crippen LogP contribution is 2.65. The van der Waals surface area contributed by atoms with Gasteiger partial charge in [-0.2, -0.15) is 0 Å². The number of halogens is 2. The molecule has 202 valence electrons. The second-order valence-corrected chi connectivity index (χ2v) is 11.5. The molecule has 0 unspecified atom stereocenters. The molecule has 38 heavy (non-hydrogen) atoms. The molecule has 3 fully saturated rings. The van der Waals surface area contributed by atoms with Gasteiger partial charge in [0, 0.05) is 25.9 Å². The Labute approximate surface area is 228 Å². The number of alkyl halides is 2. The lowest BCUT2D eigenvalue weighted by atomic mass is 9.56. The highest BCUT2D eigenvalue weighted by molar-refractivity contribution is 6.53. The van der Waals surface area contributed by atoms with E-state index in [2.05, 4.69) is 0 Å². The summed E-state index contributed by atoms with van der Waals surface area (Å²) in [6.45, 7) is -0.0246. The van der Waals surface area contributed by atoms with E-state index in [-0.39, 0.29) is 49.6 Å². The van der Waals surface area contributed by atoms with Gasteiger partial charge < -0.3 is 14.9 Å². The summed E-state index contributed by atoms with van der Waals surface area (Å²) in [6.07, 6.45) is 1.82. The number of hydrogen-bond acceptors (Lipinski definition) is 7. The van der Waals surface area contributed by atoms with E-state index in [0.29, 0.717) is 11.1 Å². The number of benzene rings is 1. The summed E-state index contributed by atoms with van der Waals surface area (Å²) in [4.78, 5) is 62.9. The van der Waals surface area contributed by atoms with Gasteiger partial charge in [0.05, 0.1) is 18.9 Å². The van der Waals surface area contributed by atoms with Crippen LogP contribution in [-0.4, -0.2) is 80.1 Å². The monoisotopic (exact) mass is 564 g/mol. The number of allylic oxidation sites excluding steroid dienone is 2. The second-order valence-electron chi connectivity index (χ2n) is 10.3. The molecule has 2 aliphatic heterocycles. The zero-order valence-electron chi connectivity index (χ0n) is 20.6. The molecular weight excluding hydrogens is 539 g/mol. The van der Waals surface area contributed by atoms with Crippen molar-refractivity contribution in [3.63, 3.8) is 0 Å². The maximum absolute atomic E-state index is 13.6. The molecule has 5 rings (SSSR count). The van der Waals surface area contributed by atoms with E-state index in [1.54, 1.807) is 12.1 Å². The highest BCUT2D eigenvalue weighted by Gasteiger charge is 2.75. The normalized spacial score (nSPS) is 34.2. The number of imide groups is 2. The van der Waals surface area contributed by atoms with E-state index in [1.165, 1.54) is 26.3 Å². The van der Waals surface area contributed by atoms with E-state index in [4.69, 9.17) is 33.0 Å². The van der Waals surface area contributed by atoms with Gasteiger partial charge in [0.1, 0.15) is 0 Å². The summed E-state index contributed by atoms with van der Waals surface area (Å²) >= 11 is 14.2. The first-order chi connectivity index (χ1) is 17.9. The predicted molar refractivity (Wildman–Crippen MR) is 134 cm³/mol. The molecule has 1 saturated carbocycles. The van der Waals surface area contributed by atoms with E-state index in [0.717, 1.165) is 9.80 Å². The molecule has 4 amide bonds. The molecule has 10 nitrogen and oxygen atoms in total. The fourth-order valence-corrected chi connectivity index (χ4v) is 7.69. The van der Waals surface area contributed by atoms with E-state index in [9.17, 15) is 29.1 Å². The Bertz CT molecular complexity index is 1310. The van der Waals surface area contributed by atoms with Gasteiger partial charge in [-0.05, 0) is 42.9 Å². The van der Waals surface area contributed by atoms with Gasteiger partial charge in [0.15, 0.2) is 21.2 Å². The smallest absolute Gasteiger partial charge is 0.303 e. The number of hydrogen-bond donors (Lipinski definition) is 2. The largest absolute Gasteiger partial charge is 0.504 e. The summed E-state index contributed by atoms with van der Waals surface area (Å²) in [7, 11) is 2.68. The van der Waals surface area contributed by atoms with Gasteiger partial charge >= 0.3 is 5.97 Å². The Kier molecular flexibility index (Phi) is 6.26. The van der Waals surface area contributed by atoms with E-state index >= 15 is 0 Å². The Balaban J connectivity index is 1.63. The Hall–Kier alpha value is -3.11. The van der Waals surface area contributed by atoms with Gasteiger partial charge in [-0.3, -0.25) is 33.8 Å². The number of methoxy groups -OCH3 is 1. The lowest BCUT2D eigenvalue weighted by Gasteiger charge is -2.50. The number of nitrogens with zero attached hydrogens (tertiary/aromatic N) is 2. The van der Waals surface area contributed by atoms with Crippen molar-refractivity contribution in [3.8, 4) is 11.5 Å². The van der Waals surface area contributed by atoms with Crippen LogP contribution in [0.1, 0.15) is 37.2 Å². The maximum atomic E-state index is 13.6. The number of carboxylic acids is 1. The molecule has 0 radical (unpaired) electrons. The molecule has 12 heteroatoms. The number of fused-ring (bicyclic) bond motifs is 4. The molecular formula is C26H26Cl2N2O8. The van der Waals surface area contributed by atoms with Crippen LogP contribution in [0.4, 0.5) is 0 Å². The summed E-state index contributed by atoms with van der Waals surface area (Å²) in [5.74, 6) is -6.40.